The lowest BCUT2D eigenvalue weighted by molar-refractivity contribution is -0.123. The Morgan fingerprint density at radius 2 is 1.49 bits per heavy atom. The van der Waals surface area contributed by atoms with Gasteiger partial charge in [0.25, 0.3) is 11.1 Å². The highest BCUT2D eigenvalue weighted by Gasteiger charge is 2.35. The van der Waals surface area contributed by atoms with Crippen LogP contribution >= 0.6 is 11.8 Å². The maximum absolute atomic E-state index is 13.1. The Morgan fingerprint density at radius 1 is 0.829 bits per heavy atom. The van der Waals surface area contributed by atoms with Crippen molar-refractivity contribution in [2.75, 3.05) is 20.3 Å². The molecule has 0 saturated carbocycles. The number of aromatic nitrogens is 1. The number of imide groups is 1. The lowest BCUT2D eigenvalue weighted by atomic mass is 10.1. The van der Waals surface area contributed by atoms with E-state index in [1.165, 1.54) is 4.90 Å². The topological polar surface area (TPSA) is 70.0 Å². The van der Waals surface area contributed by atoms with Crippen molar-refractivity contribution in [2.24, 2.45) is 0 Å². The summed E-state index contributed by atoms with van der Waals surface area (Å²) >= 11 is 0.963. The molecule has 4 aromatic rings. The zero-order chi connectivity index (χ0) is 29.1. The maximum Gasteiger partial charge on any atom is 0.293 e. The number of carbonyl (C=O) groups is 2. The third-order valence-corrected chi connectivity index (χ3v) is 7.84. The van der Waals surface area contributed by atoms with E-state index in [1.807, 2.05) is 100 Å². The Hall–Kier alpha value is -4.43. The summed E-state index contributed by atoms with van der Waals surface area (Å²) < 4.78 is 19.1. The molecule has 8 heteroatoms. The van der Waals surface area contributed by atoms with Gasteiger partial charge in [0, 0.05) is 17.1 Å². The summed E-state index contributed by atoms with van der Waals surface area (Å²) in [5.41, 5.74) is 5.95. The van der Waals surface area contributed by atoms with E-state index in [1.54, 1.807) is 13.2 Å². The largest absolute Gasteiger partial charge is 0.497 e. The molecule has 2 amide bonds. The van der Waals surface area contributed by atoms with Gasteiger partial charge in [-0.1, -0.05) is 12.1 Å². The highest BCUT2D eigenvalue weighted by Crippen LogP contribution is 2.34. The molecule has 0 N–H and O–H groups in total. The van der Waals surface area contributed by atoms with Gasteiger partial charge in [0.15, 0.2) is 0 Å². The first-order valence-corrected chi connectivity index (χ1v) is 14.1. The summed E-state index contributed by atoms with van der Waals surface area (Å²) in [6.45, 7) is 8.42. The zero-order valence-corrected chi connectivity index (χ0v) is 24.6. The van der Waals surface area contributed by atoms with Crippen LogP contribution in [-0.4, -0.2) is 40.9 Å². The van der Waals surface area contributed by atoms with Crippen molar-refractivity contribution >= 4 is 29.0 Å². The average molecular weight is 569 g/mol. The Bertz CT molecular complexity index is 1620. The second kappa shape index (κ2) is 12.0. The maximum atomic E-state index is 13.1. The Balaban J connectivity index is 1.27. The van der Waals surface area contributed by atoms with Gasteiger partial charge in [-0.15, -0.1) is 0 Å². The quantitative estimate of drug-likeness (QED) is 0.193. The van der Waals surface area contributed by atoms with Crippen LogP contribution < -0.4 is 14.2 Å². The molecule has 7 nitrogen and oxygen atoms in total. The van der Waals surface area contributed by atoms with E-state index in [9.17, 15) is 9.59 Å². The second-order valence-electron chi connectivity index (χ2n) is 9.88. The van der Waals surface area contributed by atoms with Gasteiger partial charge >= 0.3 is 0 Å². The van der Waals surface area contributed by atoms with Crippen LogP contribution in [0.1, 0.15) is 28.1 Å². The van der Waals surface area contributed by atoms with Crippen LogP contribution in [0.25, 0.3) is 11.8 Å². The summed E-state index contributed by atoms with van der Waals surface area (Å²) in [7, 11) is 1.63. The average Bonchev–Trinajstić information content (AvgIpc) is 3.39. The van der Waals surface area contributed by atoms with E-state index in [0.29, 0.717) is 4.91 Å². The summed E-state index contributed by atoms with van der Waals surface area (Å²) in [5, 5.41) is -0.285. The number of hydrogen-bond acceptors (Lipinski definition) is 6. The van der Waals surface area contributed by atoms with Crippen LogP contribution in [0, 0.1) is 27.7 Å². The zero-order valence-electron chi connectivity index (χ0n) is 23.8. The number of amides is 2. The van der Waals surface area contributed by atoms with Gasteiger partial charge in [0.1, 0.15) is 29.6 Å². The molecular formula is C33H32N2O5S. The molecule has 1 aliphatic heterocycles. The molecule has 1 fully saturated rings. The number of nitrogens with zero attached hydrogens (tertiary/aromatic N) is 2. The minimum atomic E-state index is -0.297. The fourth-order valence-corrected chi connectivity index (χ4v) is 5.57. The minimum Gasteiger partial charge on any atom is -0.497 e. The molecule has 41 heavy (non-hydrogen) atoms. The predicted molar refractivity (Wildman–Crippen MR) is 162 cm³/mol. The molecule has 210 valence electrons. The Kier molecular flexibility index (Phi) is 8.21. The second-order valence-corrected chi connectivity index (χ2v) is 10.9. The number of methoxy groups -OCH3 is 1. The van der Waals surface area contributed by atoms with Gasteiger partial charge in [0.2, 0.25) is 0 Å². The van der Waals surface area contributed by atoms with E-state index >= 15 is 0 Å². The molecule has 5 rings (SSSR count). The van der Waals surface area contributed by atoms with Crippen molar-refractivity contribution in [2.45, 2.75) is 27.7 Å². The number of thioether (sulfide) groups is 1. The SMILES string of the molecule is COc1ccc(Oc2ccc(-n3c(C)cc(/C=C4\SC(=O)N(CCOc5cc(C)ccc5C)C4=O)c3C)cc2)cc1. The van der Waals surface area contributed by atoms with E-state index in [-0.39, 0.29) is 24.3 Å². The van der Waals surface area contributed by atoms with Gasteiger partial charge in [-0.25, -0.2) is 0 Å². The standard InChI is InChI=1S/C33H32N2O5S/c1-21-6-7-22(2)30(18-21)39-17-16-34-32(36)31(41-33(34)37)20-25-19-23(3)35(24(25)4)26-8-10-28(11-9-26)40-29-14-12-27(38-5)13-15-29/h6-15,18-20H,16-17H2,1-5H3/b31-20-. The molecule has 0 atom stereocenters. The van der Waals surface area contributed by atoms with E-state index < -0.39 is 0 Å². The number of benzene rings is 3. The van der Waals surface area contributed by atoms with Gasteiger partial charge in [-0.3, -0.25) is 14.5 Å². The van der Waals surface area contributed by atoms with Crippen molar-refractivity contribution in [1.29, 1.82) is 0 Å². The molecule has 0 aliphatic carbocycles. The van der Waals surface area contributed by atoms with Crippen molar-refractivity contribution < 1.29 is 23.8 Å². The first-order chi connectivity index (χ1) is 19.7. The van der Waals surface area contributed by atoms with Gasteiger partial charge in [-0.2, -0.15) is 0 Å². The van der Waals surface area contributed by atoms with Crippen LogP contribution in [0.15, 0.2) is 77.7 Å². The summed E-state index contributed by atoms with van der Waals surface area (Å²) in [5.74, 6) is 2.68. The van der Waals surface area contributed by atoms with Gasteiger partial charge in [0.05, 0.1) is 18.6 Å². The molecule has 0 bridgehead atoms. The number of rotatable bonds is 9. The first kappa shape index (κ1) is 28.1. The molecule has 3 aromatic carbocycles. The third kappa shape index (κ3) is 6.18. The fraction of sp³-hybridized carbons (Fsp3) is 0.212. The monoisotopic (exact) mass is 568 g/mol. The number of hydrogen-bond donors (Lipinski definition) is 0. The minimum absolute atomic E-state index is 0.194. The Labute approximate surface area is 244 Å². The lowest BCUT2D eigenvalue weighted by Crippen LogP contribution is -2.32. The molecule has 1 saturated heterocycles. The van der Waals surface area contributed by atoms with E-state index in [2.05, 4.69) is 4.57 Å². The normalized spacial score (nSPS) is 14.2. The smallest absolute Gasteiger partial charge is 0.293 e. The van der Waals surface area contributed by atoms with Crippen molar-refractivity contribution in [3.05, 3.63) is 106 Å². The summed E-state index contributed by atoms with van der Waals surface area (Å²) in [4.78, 5) is 27.4. The van der Waals surface area contributed by atoms with Crippen molar-refractivity contribution in [3.63, 3.8) is 0 Å². The molecule has 0 spiro atoms. The Morgan fingerprint density at radius 3 is 2.17 bits per heavy atom. The van der Waals surface area contributed by atoms with Crippen LogP contribution in [0.5, 0.6) is 23.0 Å². The predicted octanol–water partition coefficient (Wildman–Crippen LogP) is 7.63. The van der Waals surface area contributed by atoms with E-state index in [4.69, 9.17) is 14.2 Å². The number of aryl methyl sites for hydroxylation is 3. The molecule has 2 heterocycles. The fourth-order valence-electron chi connectivity index (χ4n) is 4.72. The van der Waals surface area contributed by atoms with Gasteiger partial charge < -0.3 is 18.8 Å². The van der Waals surface area contributed by atoms with Crippen LogP contribution in [0.4, 0.5) is 4.79 Å². The van der Waals surface area contributed by atoms with Crippen molar-refractivity contribution in [3.8, 4) is 28.7 Å². The lowest BCUT2D eigenvalue weighted by Gasteiger charge is -2.14. The van der Waals surface area contributed by atoms with Crippen LogP contribution in [0.2, 0.25) is 0 Å². The molecule has 0 radical (unpaired) electrons. The number of ether oxygens (including phenoxy) is 3. The summed E-state index contributed by atoms with van der Waals surface area (Å²) in [6, 6.07) is 23.3. The van der Waals surface area contributed by atoms with Crippen LogP contribution in [0.3, 0.4) is 0 Å². The van der Waals surface area contributed by atoms with E-state index in [0.717, 1.165) is 68.5 Å². The molecule has 0 unspecified atom stereocenters. The van der Waals surface area contributed by atoms with Gasteiger partial charge in [-0.05, 0) is 123 Å². The van der Waals surface area contributed by atoms with Crippen molar-refractivity contribution in [1.82, 2.24) is 9.47 Å². The molecule has 1 aliphatic rings. The third-order valence-electron chi connectivity index (χ3n) is 6.94. The summed E-state index contributed by atoms with van der Waals surface area (Å²) in [6.07, 6.45) is 1.80. The highest BCUT2D eigenvalue weighted by atomic mass is 32.2. The molecular weight excluding hydrogens is 536 g/mol. The highest BCUT2D eigenvalue weighted by molar-refractivity contribution is 8.18. The first-order valence-electron chi connectivity index (χ1n) is 13.3. The van der Waals surface area contributed by atoms with Crippen LogP contribution in [-0.2, 0) is 4.79 Å². The number of carbonyl (C=O) groups excluding carboxylic acids is 2. The molecule has 1 aromatic heterocycles.